The smallest absolute Gasteiger partial charge is 0.277 e. The molecule has 2 heterocycles. The molecule has 0 saturated carbocycles. The number of anilines is 2. The lowest BCUT2D eigenvalue weighted by Crippen LogP contribution is -2.15. The molecule has 2 aromatic rings. The number of halogens is 1. The fourth-order valence-corrected chi connectivity index (χ4v) is 2.18. The minimum Gasteiger partial charge on any atom is -0.373 e. The van der Waals surface area contributed by atoms with Crippen LogP contribution in [0.15, 0.2) is 17.5 Å². The molecule has 0 aromatic carbocycles. The minimum absolute atomic E-state index is 0.177. The first-order valence-electron chi connectivity index (χ1n) is 5.18. The van der Waals surface area contributed by atoms with E-state index in [2.05, 4.69) is 20.6 Å². The highest BCUT2D eigenvalue weighted by Gasteiger charge is 2.14. The second-order valence-corrected chi connectivity index (χ2v) is 4.79. The molecule has 0 spiro atoms. The number of rotatable bonds is 3. The van der Waals surface area contributed by atoms with Gasteiger partial charge in [-0.25, -0.2) is 9.97 Å². The Balaban J connectivity index is 2.23. The summed E-state index contributed by atoms with van der Waals surface area (Å²) in [5, 5.41) is 8.21. The number of pyridine rings is 1. The summed E-state index contributed by atoms with van der Waals surface area (Å²) in [5.41, 5.74) is 1.04. The first-order chi connectivity index (χ1) is 8.60. The number of amides is 1. The number of carbonyl (C=O) groups excluding carboxylic acids is 1. The molecule has 0 aliphatic carbocycles. The number of nitrogens with zero attached hydrogens (tertiary/aromatic N) is 2. The van der Waals surface area contributed by atoms with Gasteiger partial charge in [-0.3, -0.25) is 10.1 Å². The highest BCUT2D eigenvalue weighted by Crippen LogP contribution is 2.20. The van der Waals surface area contributed by atoms with Gasteiger partial charge in [0.05, 0.1) is 10.7 Å². The lowest BCUT2D eigenvalue weighted by Gasteiger charge is -2.05. The average Bonchev–Trinajstić information content (AvgIpc) is 2.75. The maximum absolute atomic E-state index is 12.0. The molecule has 2 N–H and O–H groups in total. The number of hydrogen-bond acceptors (Lipinski definition) is 5. The van der Waals surface area contributed by atoms with E-state index >= 15 is 0 Å². The van der Waals surface area contributed by atoms with Crippen molar-refractivity contribution in [3.8, 4) is 0 Å². The summed E-state index contributed by atoms with van der Waals surface area (Å²) in [6.07, 6.45) is 0. The Morgan fingerprint density at radius 1 is 1.39 bits per heavy atom. The second kappa shape index (κ2) is 5.32. The Kier molecular flexibility index (Phi) is 3.78. The van der Waals surface area contributed by atoms with Gasteiger partial charge in [-0.05, 0) is 19.1 Å². The van der Waals surface area contributed by atoms with Gasteiger partial charge in [-0.1, -0.05) is 11.6 Å². The molecule has 5 nitrogen and oxygen atoms in total. The van der Waals surface area contributed by atoms with Crippen LogP contribution in [0.2, 0.25) is 5.02 Å². The van der Waals surface area contributed by atoms with Crippen molar-refractivity contribution < 1.29 is 4.79 Å². The molecule has 0 aliphatic heterocycles. The third-order valence-corrected chi connectivity index (χ3v) is 3.34. The molecule has 2 rings (SSSR count). The molecule has 7 heteroatoms. The van der Waals surface area contributed by atoms with Gasteiger partial charge in [-0.15, -0.1) is 11.3 Å². The summed E-state index contributed by atoms with van der Waals surface area (Å²) in [7, 11) is 1.72. The summed E-state index contributed by atoms with van der Waals surface area (Å²) in [4.78, 5) is 20.3. The lowest BCUT2D eigenvalue weighted by molar-refractivity contribution is 0.102. The molecule has 0 unspecified atom stereocenters. The number of thiazole rings is 1. The fraction of sp³-hybridized carbons (Fsp3) is 0.182. The van der Waals surface area contributed by atoms with Gasteiger partial charge >= 0.3 is 0 Å². The van der Waals surface area contributed by atoms with Crippen molar-refractivity contribution >= 4 is 39.8 Å². The zero-order chi connectivity index (χ0) is 13.1. The van der Waals surface area contributed by atoms with Crippen LogP contribution in [0.5, 0.6) is 0 Å². The van der Waals surface area contributed by atoms with Crippen molar-refractivity contribution in [2.75, 3.05) is 17.7 Å². The van der Waals surface area contributed by atoms with Gasteiger partial charge in [0.2, 0.25) is 0 Å². The molecule has 0 radical (unpaired) electrons. The summed E-state index contributed by atoms with van der Waals surface area (Å²) < 4.78 is 0. The van der Waals surface area contributed by atoms with E-state index in [0.717, 1.165) is 5.69 Å². The van der Waals surface area contributed by atoms with E-state index in [-0.39, 0.29) is 11.6 Å². The molecular weight excluding hydrogens is 272 g/mol. The molecule has 18 heavy (non-hydrogen) atoms. The predicted octanol–water partition coefficient (Wildman–Crippen LogP) is 2.79. The number of nitrogens with one attached hydrogen (secondary N) is 2. The molecule has 0 aliphatic rings. The Labute approximate surface area is 113 Å². The fourth-order valence-electron chi connectivity index (χ4n) is 1.31. The number of carbonyl (C=O) groups is 1. The SMILES string of the molecule is CNc1ccc(Cl)c(C(=O)Nc2nc(C)cs2)n1. The lowest BCUT2D eigenvalue weighted by atomic mass is 10.3. The molecule has 2 aromatic heterocycles. The Morgan fingerprint density at radius 3 is 2.78 bits per heavy atom. The second-order valence-electron chi connectivity index (χ2n) is 3.53. The van der Waals surface area contributed by atoms with E-state index in [1.165, 1.54) is 11.3 Å². The van der Waals surface area contributed by atoms with E-state index in [0.29, 0.717) is 16.0 Å². The summed E-state index contributed by atoms with van der Waals surface area (Å²) in [6.45, 7) is 1.86. The van der Waals surface area contributed by atoms with Crippen molar-refractivity contribution in [2.24, 2.45) is 0 Å². The van der Waals surface area contributed by atoms with Crippen LogP contribution in [0.25, 0.3) is 0 Å². The summed E-state index contributed by atoms with van der Waals surface area (Å²) >= 11 is 7.31. The van der Waals surface area contributed by atoms with Crippen LogP contribution in [0.3, 0.4) is 0 Å². The summed E-state index contributed by atoms with van der Waals surface area (Å²) in [5.74, 6) is 0.214. The Hall–Kier alpha value is -1.66. The normalized spacial score (nSPS) is 10.2. The van der Waals surface area contributed by atoms with Crippen molar-refractivity contribution in [2.45, 2.75) is 6.92 Å². The van der Waals surface area contributed by atoms with Gasteiger partial charge in [0, 0.05) is 12.4 Å². The zero-order valence-electron chi connectivity index (χ0n) is 9.82. The maximum atomic E-state index is 12.0. The Morgan fingerprint density at radius 2 is 2.17 bits per heavy atom. The predicted molar refractivity (Wildman–Crippen MR) is 73.6 cm³/mol. The molecule has 94 valence electrons. The Bertz CT molecular complexity index is 584. The topological polar surface area (TPSA) is 66.9 Å². The van der Waals surface area contributed by atoms with E-state index in [1.807, 2.05) is 12.3 Å². The zero-order valence-corrected chi connectivity index (χ0v) is 11.4. The first kappa shape index (κ1) is 12.8. The average molecular weight is 283 g/mol. The minimum atomic E-state index is -0.369. The first-order valence-corrected chi connectivity index (χ1v) is 6.43. The van der Waals surface area contributed by atoms with Crippen LogP contribution in [0.1, 0.15) is 16.2 Å². The standard InChI is InChI=1S/C11H11ClN4OS/c1-6-5-18-11(14-6)16-10(17)9-7(12)3-4-8(13-2)15-9/h3-5H,1-2H3,(H,13,15)(H,14,16,17). The third kappa shape index (κ3) is 2.77. The van der Waals surface area contributed by atoms with Crippen LogP contribution in [-0.4, -0.2) is 22.9 Å². The summed E-state index contributed by atoms with van der Waals surface area (Å²) in [6, 6.07) is 3.33. The van der Waals surface area contributed by atoms with Gasteiger partial charge in [0.25, 0.3) is 5.91 Å². The quantitative estimate of drug-likeness (QED) is 0.908. The molecule has 0 bridgehead atoms. The monoisotopic (exact) mass is 282 g/mol. The molecule has 0 fully saturated rings. The van der Waals surface area contributed by atoms with Crippen LogP contribution in [0.4, 0.5) is 10.9 Å². The van der Waals surface area contributed by atoms with Gasteiger partial charge in [0.1, 0.15) is 11.5 Å². The van der Waals surface area contributed by atoms with Crippen molar-refractivity contribution in [3.63, 3.8) is 0 Å². The van der Waals surface area contributed by atoms with Gasteiger partial charge in [0.15, 0.2) is 5.13 Å². The highest BCUT2D eigenvalue weighted by atomic mass is 35.5. The van der Waals surface area contributed by atoms with Crippen LogP contribution in [0, 0.1) is 6.92 Å². The van der Waals surface area contributed by atoms with Crippen molar-refractivity contribution in [1.82, 2.24) is 9.97 Å². The largest absolute Gasteiger partial charge is 0.373 e. The molecule has 1 amide bonds. The molecular formula is C11H11ClN4OS. The van der Waals surface area contributed by atoms with Crippen LogP contribution >= 0.6 is 22.9 Å². The van der Waals surface area contributed by atoms with Crippen LogP contribution in [-0.2, 0) is 0 Å². The van der Waals surface area contributed by atoms with E-state index in [9.17, 15) is 4.79 Å². The van der Waals surface area contributed by atoms with Gasteiger partial charge < -0.3 is 5.32 Å². The third-order valence-electron chi connectivity index (χ3n) is 2.16. The number of aryl methyl sites for hydroxylation is 1. The maximum Gasteiger partial charge on any atom is 0.277 e. The van der Waals surface area contributed by atoms with E-state index < -0.39 is 0 Å². The van der Waals surface area contributed by atoms with Crippen molar-refractivity contribution in [1.29, 1.82) is 0 Å². The number of aromatic nitrogens is 2. The number of hydrogen-bond donors (Lipinski definition) is 2. The van der Waals surface area contributed by atoms with Gasteiger partial charge in [-0.2, -0.15) is 0 Å². The van der Waals surface area contributed by atoms with Crippen molar-refractivity contribution in [3.05, 3.63) is 33.9 Å². The van der Waals surface area contributed by atoms with E-state index in [1.54, 1.807) is 19.2 Å². The van der Waals surface area contributed by atoms with Crippen LogP contribution < -0.4 is 10.6 Å². The van der Waals surface area contributed by atoms with E-state index in [4.69, 9.17) is 11.6 Å². The highest BCUT2D eigenvalue weighted by molar-refractivity contribution is 7.13. The molecule has 0 saturated heterocycles. The molecule has 0 atom stereocenters.